The Morgan fingerprint density at radius 1 is 1.09 bits per heavy atom. The fourth-order valence-electron chi connectivity index (χ4n) is 4.43. The molecule has 0 radical (unpaired) electrons. The highest BCUT2D eigenvalue weighted by Gasteiger charge is 2.32. The zero-order valence-corrected chi connectivity index (χ0v) is 19.5. The minimum atomic E-state index is 0.0569. The number of anilines is 1. The van der Waals surface area contributed by atoms with Crippen molar-refractivity contribution in [3.05, 3.63) is 99.9 Å². The van der Waals surface area contributed by atoms with Crippen molar-refractivity contribution in [3.8, 4) is 11.8 Å². The maximum absolute atomic E-state index is 9.81. The van der Waals surface area contributed by atoms with Crippen molar-refractivity contribution in [2.75, 3.05) is 31.6 Å². The number of hydrogen-bond donors (Lipinski definition) is 0. The van der Waals surface area contributed by atoms with Crippen molar-refractivity contribution in [2.45, 2.75) is 19.0 Å². The lowest BCUT2D eigenvalue weighted by molar-refractivity contribution is 0.171. The van der Waals surface area contributed by atoms with Crippen LogP contribution in [0.15, 0.2) is 66.7 Å². The van der Waals surface area contributed by atoms with Crippen LogP contribution in [0.4, 0.5) is 11.4 Å². The normalized spacial score (nSPS) is 17.1. The van der Waals surface area contributed by atoms with Gasteiger partial charge in [-0.15, -0.1) is 0 Å². The number of benzene rings is 3. The van der Waals surface area contributed by atoms with Gasteiger partial charge in [-0.2, -0.15) is 5.26 Å². The molecule has 1 aliphatic heterocycles. The minimum absolute atomic E-state index is 0.0569. The molecule has 0 amide bonds. The zero-order valence-electron chi connectivity index (χ0n) is 18.7. The first-order chi connectivity index (χ1) is 16.0. The number of piperazine rings is 1. The molecule has 5 nitrogen and oxygen atoms in total. The van der Waals surface area contributed by atoms with E-state index in [0.29, 0.717) is 22.0 Å². The van der Waals surface area contributed by atoms with Crippen LogP contribution in [0.5, 0.6) is 5.75 Å². The van der Waals surface area contributed by atoms with Crippen molar-refractivity contribution in [1.29, 1.82) is 5.26 Å². The Kier molecular flexibility index (Phi) is 6.84. The predicted octanol–water partition coefficient (Wildman–Crippen LogP) is 6.40. The highest BCUT2D eigenvalue weighted by molar-refractivity contribution is 6.30. The molecule has 1 saturated heterocycles. The Labute approximate surface area is 200 Å². The number of nitrogens with zero attached hydrogens (tertiary/aromatic N) is 4. The van der Waals surface area contributed by atoms with E-state index in [1.165, 1.54) is 5.56 Å². The summed E-state index contributed by atoms with van der Waals surface area (Å²) in [6.07, 6.45) is 0. The van der Waals surface area contributed by atoms with Crippen LogP contribution in [0.25, 0.3) is 4.85 Å². The molecule has 166 valence electrons. The number of methoxy groups -OCH3 is 1. The molecule has 1 heterocycles. The molecule has 33 heavy (non-hydrogen) atoms. The summed E-state index contributed by atoms with van der Waals surface area (Å²) in [7, 11) is 1.61. The van der Waals surface area contributed by atoms with Gasteiger partial charge in [-0.3, -0.25) is 4.90 Å². The van der Waals surface area contributed by atoms with Crippen LogP contribution in [0, 0.1) is 17.9 Å². The number of ether oxygens (including phenoxy) is 1. The molecule has 0 unspecified atom stereocenters. The molecule has 0 N–H and O–H groups in total. The van der Waals surface area contributed by atoms with E-state index in [1.54, 1.807) is 13.2 Å². The third-order valence-corrected chi connectivity index (χ3v) is 6.60. The van der Waals surface area contributed by atoms with Gasteiger partial charge in [0.05, 0.1) is 31.0 Å². The summed E-state index contributed by atoms with van der Waals surface area (Å²) in [5.74, 6) is 0.675. The first-order valence-electron chi connectivity index (χ1n) is 10.9. The zero-order chi connectivity index (χ0) is 23.4. The Bertz CT molecular complexity index is 1190. The molecule has 0 spiro atoms. The van der Waals surface area contributed by atoms with Crippen LogP contribution in [-0.4, -0.2) is 31.6 Å². The maximum atomic E-state index is 9.81. The highest BCUT2D eigenvalue weighted by atomic mass is 35.5. The second-order valence-electron chi connectivity index (χ2n) is 8.13. The van der Waals surface area contributed by atoms with E-state index < -0.39 is 0 Å². The number of hydrogen-bond acceptors (Lipinski definition) is 4. The standard InChI is InChI=1S/C27H25ClN4O/c1-19(20-6-10-24(30-2)11-7-20)31-14-15-32(26-13-12-25(33-3)16-22(26)17-29)27(18-31)21-4-8-23(28)9-5-21/h4-13,16,19,27H,14-15,18H2,1,3H3/t19-,27+/m1/s1. The number of nitriles is 1. The van der Waals surface area contributed by atoms with E-state index in [2.05, 4.69) is 39.8 Å². The van der Waals surface area contributed by atoms with Crippen LogP contribution in [-0.2, 0) is 0 Å². The molecule has 4 rings (SSSR count). The number of rotatable bonds is 5. The average molecular weight is 457 g/mol. The van der Waals surface area contributed by atoms with Crippen LogP contribution in [0.2, 0.25) is 5.02 Å². The van der Waals surface area contributed by atoms with Gasteiger partial charge in [-0.05, 0) is 48.4 Å². The van der Waals surface area contributed by atoms with Crippen molar-refractivity contribution in [1.82, 2.24) is 4.90 Å². The summed E-state index contributed by atoms with van der Waals surface area (Å²) < 4.78 is 5.33. The van der Waals surface area contributed by atoms with Gasteiger partial charge in [0.1, 0.15) is 11.8 Å². The smallest absolute Gasteiger partial charge is 0.187 e. The molecule has 2 atom stereocenters. The van der Waals surface area contributed by atoms with E-state index in [9.17, 15) is 5.26 Å². The van der Waals surface area contributed by atoms with Gasteiger partial charge in [0.25, 0.3) is 0 Å². The molecule has 3 aromatic rings. The Balaban J connectivity index is 1.67. The third-order valence-electron chi connectivity index (χ3n) is 6.35. The second kappa shape index (κ2) is 9.96. The third kappa shape index (κ3) is 4.81. The summed E-state index contributed by atoms with van der Waals surface area (Å²) in [6, 6.07) is 24.1. The van der Waals surface area contributed by atoms with Crippen molar-refractivity contribution >= 4 is 23.0 Å². The minimum Gasteiger partial charge on any atom is -0.497 e. The van der Waals surface area contributed by atoms with E-state index in [0.717, 1.165) is 30.9 Å². The van der Waals surface area contributed by atoms with Gasteiger partial charge in [0.2, 0.25) is 0 Å². The summed E-state index contributed by atoms with van der Waals surface area (Å²) in [5.41, 5.74) is 4.50. The first-order valence-corrected chi connectivity index (χ1v) is 11.2. The Morgan fingerprint density at radius 2 is 1.82 bits per heavy atom. The van der Waals surface area contributed by atoms with Crippen LogP contribution in [0.3, 0.4) is 0 Å². The topological polar surface area (TPSA) is 43.9 Å². The van der Waals surface area contributed by atoms with E-state index in [-0.39, 0.29) is 12.1 Å². The summed E-state index contributed by atoms with van der Waals surface area (Å²) in [6.45, 7) is 11.8. The molecular weight excluding hydrogens is 432 g/mol. The molecule has 1 aliphatic rings. The molecule has 3 aromatic carbocycles. The van der Waals surface area contributed by atoms with Crippen molar-refractivity contribution in [2.24, 2.45) is 0 Å². The lowest BCUT2D eigenvalue weighted by Gasteiger charge is -2.45. The van der Waals surface area contributed by atoms with E-state index >= 15 is 0 Å². The van der Waals surface area contributed by atoms with Gasteiger partial charge < -0.3 is 9.64 Å². The predicted molar refractivity (Wildman–Crippen MR) is 132 cm³/mol. The molecule has 0 saturated carbocycles. The van der Waals surface area contributed by atoms with Crippen molar-refractivity contribution in [3.63, 3.8) is 0 Å². The maximum Gasteiger partial charge on any atom is 0.187 e. The Hall–Kier alpha value is -3.51. The molecule has 0 aliphatic carbocycles. The molecule has 1 fully saturated rings. The lowest BCUT2D eigenvalue weighted by atomic mass is 9.97. The van der Waals surface area contributed by atoms with Gasteiger partial charge in [-0.1, -0.05) is 48.0 Å². The van der Waals surface area contributed by atoms with Gasteiger partial charge in [-0.25, -0.2) is 4.85 Å². The van der Waals surface area contributed by atoms with E-state index in [4.69, 9.17) is 22.9 Å². The molecule has 0 bridgehead atoms. The quantitative estimate of drug-likeness (QED) is 0.417. The summed E-state index contributed by atoms with van der Waals surface area (Å²) >= 11 is 6.17. The Morgan fingerprint density at radius 3 is 2.45 bits per heavy atom. The average Bonchev–Trinajstić information content (AvgIpc) is 2.88. The fraction of sp³-hybridized carbons (Fsp3) is 0.259. The SMILES string of the molecule is [C-]#[N+]c1ccc([C@@H](C)N2CCN(c3ccc(OC)cc3C#N)[C@H](c3ccc(Cl)cc3)C2)cc1. The summed E-state index contributed by atoms with van der Waals surface area (Å²) in [5, 5.41) is 10.5. The first kappa shape index (κ1) is 22.7. The monoisotopic (exact) mass is 456 g/mol. The molecule has 0 aromatic heterocycles. The van der Waals surface area contributed by atoms with Gasteiger partial charge in [0.15, 0.2) is 5.69 Å². The summed E-state index contributed by atoms with van der Waals surface area (Å²) in [4.78, 5) is 8.27. The van der Waals surface area contributed by atoms with Crippen LogP contribution >= 0.6 is 11.6 Å². The largest absolute Gasteiger partial charge is 0.497 e. The molecular formula is C27H25ClN4O. The van der Waals surface area contributed by atoms with Crippen molar-refractivity contribution < 1.29 is 4.74 Å². The van der Waals surface area contributed by atoms with E-state index in [1.807, 2.05) is 48.5 Å². The van der Waals surface area contributed by atoms with Gasteiger partial charge in [0, 0.05) is 30.7 Å². The van der Waals surface area contributed by atoms with Crippen LogP contribution < -0.4 is 9.64 Å². The highest BCUT2D eigenvalue weighted by Crippen LogP contribution is 2.37. The second-order valence-corrected chi connectivity index (χ2v) is 8.57. The van der Waals surface area contributed by atoms with Crippen LogP contribution in [0.1, 0.15) is 35.7 Å². The molecule has 6 heteroatoms. The fourth-order valence-corrected chi connectivity index (χ4v) is 4.56. The lowest BCUT2D eigenvalue weighted by Crippen LogP contribution is -2.49. The van der Waals surface area contributed by atoms with Gasteiger partial charge >= 0.3 is 0 Å². The number of halogens is 1.